The van der Waals surface area contributed by atoms with Crippen molar-refractivity contribution in [3.05, 3.63) is 11.9 Å². The van der Waals surface area contributed by atoms with Gasteiger partial charge in [0.1, 0.15) is 5.69 Å². The van der Waals surface area contributed by atoms with Gasteiger partial charge >= 0.3 is 0 Å². The van der Waals surface area contributed by atoms with Crippen LogP contribution in [0.4, 0.5) is 0 Å². The van der Waals surface area contributed by atoms with E-state index in [0.29, 0.717) is 13.0 Å². The predicted molar refractivity (Wildman–Crippen MR) is 77.1 cm³/mol. The second kappa shape index (κ2) is 9.47. The Hall–Kier alpha value is -1.43. The number of ether oxygens (including phenoxy) is 1. The van der Waals surface area contributed by atoms with Crippen LogP contribution in [0.5, 0.6) is 0 Å². The standard InChI is InChI=1S/C14H26N4O2/c1-4-8-15-14(19)7-5-6-9-18-10-13(16-17-18)11-20-12(2)3/h10,12H,4-9,11H2,1-3H3,(H,15,19). The lowest BCUT2D eigenvalue weighted by Crippen LogP contribution is -2.23. The Balaban J connectivity index is 2.14. The van der Waals surface area contributed by atoms with Gasteiger partial charge in [-0.3, -0.25) is 9.48 Å². The topological polar surface area (TPSA) is 69.0 Å². The van der Waals surface area contributed by atoms with Crippen LogP contribution in [-0.2, 0) is 22.7 Å². The normalized spacial score (nSPS) is 11.0. The Bertz CT molecular complexity index is 390. The number of carbonyl (C=O) groups is 1. The van der Waals surface area contributed by atoms with E-state index in [2.05, 4.69) is 15.6 Å². The molecule has 0 aliphatic rings. The molecular weight excluding hydrogens is 256 g/mol. The first kappa shape index (κ1) is 16.6. The van der Waals surface area contributed by atoms with Gasteiger partial charge in [-0.05, 0) is 33.1 Å². The summed E-state index contributed by atoms with van der Waals surface area (Å²) in [6, 6.07) is 0. The molecule has 0 unspecified atom stereocenters. The molecule has 6 nitrogen and oxygen atoms in total. The summed E-state index contributed by atoms with van der Waals surface area (Å²) in [7, 11) is 0. The van der Waals surface area contributed by atoms with Gasteiger partial charge in [0.25, 0.3) is 0 Å². The largest absolute Gasteiger partial charge is 0.372 e. The van der Waals surface area contributed by atoms with Crippen LogP contribution in [0.15, 0.2) is 6.20 Å². The van der Waals surface area contributed by atoms with Gasteiger partial charge in [-0.15, -0.1) is 5.10 Å². The number of nitrogens with one attached hydrogen (secondary N) is 1. The smallest absolute Gasteiger partial charge is 0.219 e. The summed E-state index contributed by atoms with van der Waals surface area (Å²) in [6.07, 6.45) is 5.45. The van der Waals surface area contributed by atoms with E-state index in [1.54, 1.807) is 0 Å². The monoisotopic (exact) mass is 282 g/mol. The molecule has 1 rings (SSSR count). The molecular formula is C14H26N4O2. The molecule has 6 heteroatoms. The summed E-state index contributed by atoms with van der Waals surface area (Å²) in [6.45, 7) is 8.08. The van der Waals surface area contributed by atoms with Crippen LogP contribution in [0.25, 0.3) is 0 Å². The van der Waals surface area contributed by atoms with Gasteiger partial charge in [0, 0.05) is 19.5 Å². The number of nitrogens with zero attached hydrogens (tertiary/aromatic N) is 3. The molecule has 0 spiro atoms. The molecule has 0 aliphatic heterocycles. The molecule has 1 aromatic rings. The summed E-state index contributed by atoms with van der Waals surface area (Å²) in [5.41, 5.74) is 0.847. The van der Waals surface area contributed by atoms with Gasteiger partial charge in [-0.1, -0.05) is 12.1 Å². The molecule has 1 heterocycles. The van der Waals surface area contributed by atoms with E-state index in [0.717, 1.165) is 38.0 Å². The molecule has 1 N–H and O–H groups in total. The van der Waals surface area contributed by atoms with Gasteiger partial charge in [0.05, 0.1) is 18.9 Å². The highest BCUT2D eigenvalue weighted by atomic mass is 16.5. The highest BCUT2D eigenvalue weighted by molar-refractivity contribution is 5.75. The highest BCUT2D eigenvalue weighted by Crippen LogP contribution is 2.02. The fourth-order valence-corrected chi connectivity index (χ4v) is 1.68. The Morgan fingerprint density at radius 3 is 2.95 bits per heavy atom. The Labute approximate surface area is 120 Å². The van der Waals surface area contributed by atoms with Gasteiger partial charge in [-0.25, -0.2) is 0 Å². The molecule has 0 saturated heterocycles. The fraction of sp³-hybridized carbons (Fsp3) is 0.786. The van der Waals surface area contributed by atoms with E-state index in [4.69, 9.17) is 4.74 Å². The number of unbranched alkanes of at least 4 members (excludes halogenated alkanes) is 1. The molecule has 0 aromatic carbocycles. The summed E-state index contributed by atoms with van der Waals surface area (Å²) in [5.74, 6) is 0.136. The Kier molecular flexibility index (Phi) is 7.87. The van der Waals surface area contributed by atoms with Crippen molar-refractivity contribution < 1.29 is 9.53 Å². The maximum Gasteiger partial charge on any atom is 0.219 e. The number of aromatic nitrogens is 3. The number of aryl methyl sites for hydroxylation is 1. The summed E-state index contributed by atoms with van der Waals surface area (Å²) in [5, 5.41) is 11.0. The summed E-state index contributed by atoms with van der Waals surface area (Å²) < 4.78 is 7.28. The van der Waals surface area contributed by atoms with Crippen molar-refractivity contribution in [2.24, 2.45) is 0 Å². The second-order valence-electron chi connectivity index (χ2n) is 5.14. The van der Waals surface area contributed by atoms with Gasteiger partial charge in [-0.2, -0.15) is 0 Å². The van der Waals surface area contributed by atoms with Crippen LogP contribution in [-0.4, -0.2) is 33.5 Å². The minimum atomic E-state index is 0.136. The third-order valence-corrected chi connectivity index (χ3v) is 2.76. The maximum absolute atomic E-state index is 11.4. The molecule has 1 amide bonds. The van der Waals surface area contributed by atoms with Crippen molar-refractivity contribution in [3.63, 3.8) is 0 Å². The lowest BCUT2D eigenvalue weighted by molar-refractivity contribution is -0.121. The van der Waals surface area contributed by atoms with E-state index in [-0.39, 0.29) is 12.0 Å². The highest BCUT2D eigenvalue weighted by Gasteiger charge is 2.03. The summed E-state index contributed by atoms with van der Waals surface area (Å²) in [4.78, 5) is 11.4. The first-order valence-corrected chi connectivity index (χ1v) is 7.39. The molecule has 0 aliphatic carbocycles. The Morgan fingerprint density at radius 2 is 2.25 bits per heavy atom. The third kappa shape index (κ3) is 7.23. The van der Waals surface area contributed by atoms with Crippen molar-refractivity contribution in [3.8, 4) is 0 Å². The van der Waals surface area contributed by atoms with Crippen LogP contribution in [0.2, 0.25) is 0 Å². The minimum Gasteiger partial charge on any atom is -0.372 e. The van der Waals surface area contributed by atoms with Gasteiger partial charge in [0.15, 0.2) is 0 Å². The van der Waals surface area contributed by atoms with Crippen LogP contribution in [0.3, 0.4) is 0 Å². The first-order chi connectivity index (χ1) is 9.61. The van der Waals surface area contributed by atoms with Crippen LogP contribution in [0.1, 0.15) is 52.1 Å². The lowest BCUT2D eigenvalue weighted by Gasteiger charge is -2.04. The molecule has 114 valence electrons. The van der Waals surface area contributed by atoms with Crippen LogP contribution < -0.4 is 5.32 Å². The number of rotatable bonds is 10. The van der Waals surface area contributed by atoms with E-state index in [9.17, 15) is 4.79 Å². The van der Waals surface area contributed by atoms with Gasteiger partial charge in [0.2, 0.25) is 5.91 Å². The van der Waals surface area contributed by atoms with E-state index in [1.807, 2.05) is 31.6 Å². The number of hydrogen-bond donors (Lipinski definition) is 1. The van der Waals surface area contributed by atoms with E-state index < -0.39 is 0 Å². The molecule has 0 radical (unpaired) electrons. The number of amides is 1. The quantitative estimate of drug-likeness (QED) is 0.665. The SMILES string of the molecule is CCCNC(=O)CCCCn1cc(COC(C)C)nn1. The zero-order valence-electron chi connectivity index (χ0n) is 12.8. The number of hydrogen-bond acceptors (Lipinski definition) is 4. The molecule has 0 atom stereocenters. The Morgan fingerprint density at radius 1 is 1.45 bits per heavy atom. The zero-order chi connectivity index (χ0) is 14.8. The number of carbonyl (C=O) groups excluding carboxylic acids is 1. The fourth-order valence-electron chi connectivity index (χ4n) is 1.68. The predicted octanol–water partition coefficient (Wildman–Crippen LogP) is 1.90. The van der Waals surface area contributed by atoms with E-state index >= 15 is 0 Å². The average Bonchev–Trinajstić information content (AvgIpc) is 2.87. The van der Waals surface area contributed by atoms with Crippen LogP contribution in [0, 0.1) is 0 Å². The van der Waals surface area contributed by atoms with E-state index in [1.165, 1.54) is 0 Å². The molecule has 1 aromatic heterocycles. The van der Waals surface area contributed by atoms with Crippen molar-refractivity contribution in [2.75, 3.05) is 6.54 Å². The summed E-state index contributed by atoms with van der Waals surface area (Å²) >= 11 is 0. The molecule has 0 bridgehead atoms. The molecule has 20 heavy (non-hydrogen) atoms. The van der Waals surface area contributed by atoms with Crippen molar-refractivity contribution in [1.82, 2.24) is 20.3 Å². The minimum absolute atomic E-state index is 0.136. The molecule has 0 fully saturated rings. The molecule has 0 saturated carbocycles. The van der Waals surface area contributed by atoms with Crippen molar-refractivity contribution in [2.45, 2.75) is 65.7 Å². The maximum atomic E-state index is 11.4. The average molecular weight is 282 g/mol. The van der Waals surface area contributed by atoms with Crippen molar-refractivity contribution >= 4 is 5.91 Å². The van der Waals surface area contributed by atoms with Crippen LogP contribution >= 0.6 is 0 Å². The van der Waals surface area contributed by atoms with Gasteiger partial charge < -0.3 is 10.1 Å². The lowest BCUT2D eigenvalue weighted by atomic mass is 10.2. The first-order valence-electron chi connectivity index (χ1n) is 7.39. The third-order valence-electron chi connectivity index (χ3n) is 2.76. The van der Waals surface area contributed by atoms with Crippen molar-refractivity contribution in [1.29, 1.82) is 0 Å². The zero-order valence-corrected chi connectivity index (χ0v) is 12.8. The second-order valence-corrected chi connectivity index (χ2v) is 5.14.